The van der Waals surface area contributed by atoms with Gasteiger partial charge in [-0.25, -0.2) is 0 Å². The summed E-state index contributed by atoms with van der Waals surface area (Å²) in [6.07, 6.45) is 3.35. The monoisotopic (exact) mass is 238 g/mol. The van der Waals surface area contributed by atoms with Crippen LogP contribution in [0.2, 0.25) is 0 Å². The fraction of sp³-hybridized carbons (Fsp3) is 0.923. The molecule has 4 heterocycles. The molecule has 1 unspecified atom stereocenters. The molecule has 0 amide bonds. The van der Waals surface area contributed by atoms with E-state index in [0.29, 0.717) is 5.92 Å². The van der Waals surface area contributed by atoms with Gasteiger partial charge in [0.1, 0.15) is 5.60 Å². The summed E-state index contributed by atoms with van der Waals surface area (Å²) < 4.78 is 5.84. The van der Waals surface area contributed by atoms with Crippen LogP contribution >= 0.6 is 0 Å². The van der Waals surface area contributed by atoms with Crippen LogP contribution in [0.5, 0.6) is 0 Å². The van der Waals surface area contributed by atoms with Crippen LogP contribution in [0.1, 0.15) is 40.0 Å². The summed E-state index contributed by atoms with van der Waals surface area (Å²) in [5.74, 6) is 1.45. The molecule has 17 heavy (non-hydrogen) atoms. The van der Waals surface area contributed by atoms with Gasteiger partial charge < -0.3 is 9.57 Å². The lowest BCUT2D eigenvalue weighted by molar-refractivity contribution is -0.136. The Balaban J connectivity index is 1.69. The van der Waals surface area contributed by atoms with Gasteiger partial charge in [0.15, 0.2) is 5.60 Å². The van der Waals surface area contributed by atoms with Gasteiger partial charge in [0.2, 0.25) is 5.90 Å². The Morgan fingerprint density at radius 2 is 2.06 bits per heavy atom. The third-order valence-corrected chi connectivity index (χ3v) is 4.03. The number of hydrogen-bond acceptors (Lipinski definition) is 4. The molecule has 4 rings (SSSR count). The van der Waals surface area contributed by atoms with E-state index in [2.05, 4.69) is 30.8 Å². The average molecular weight is 238 g/mol. The van der Waals surface area contributed by atoms with E-state index in [1.165, 1.54) is 25.9 Å². The molecule has 0 aromatic rings. The fourth-order valence-corrected chi connectivity index (χ4v) is 3.30. The summed E-state index contributed by atoms with van der Waals surface area (Å²) in [4.78, 5) is 8.29. The van der Waals surface area contributed by atoms with Gasteiger partial charge in [0.05, 0.1) is 6.42 Å². The molecule has 4 aliphatic heterocycles. The predicted molar refractivity (Wildman–Crippen MR) is 65.9 cm³/mol. The van der Waals surface area contributed by atoms with Gasteiger partial charge in [-0.15, -0.1) is 0 Å². The smallest absolute Gasteiger partial charge is 0.230 e. The maximum Gasteiger partial charge on any atom is 0.230 e. The van der Waals surface area contributed by atoms with Crippen molar-refractivity contribution in [2.45, 2.75) is 51.2 Å². The first-order valence-corrected chi connectivity index (χ1v) is 6.63. The zero-order chi connectivity index (χ0) is 12.1. The SMILES string of the molecule is CC(C)(C)OC1=NOC2(C1)CN1CCC2CC1. The molecule has 0 radical (unpaired) electrons. The first kappa shape index (κ1) is 11.3. The maximum atomic E-state index is 5.84. The Hall–Kier alpha value is -0.770. The molecular weight excluding hydrogens is 216 g/mol. The largest absolute Gasteiger partial charge is 0.473 e. The van der Waals surface area contributed by atoms with Gasteiger partial charge in [-0.2, -0.15) is 0 Å². The summed E-state index contributed by atoms with van der Waals surface area (Å²) in [7, 11) is 0. The number of hydrogen-bond donors (Lipinski definition) is 0. The molecule has 96 valence electrons. The number of piperidine rings is 3. The van der Waals surface area contributed by atoms with Crippen LogP contribution in [0.4, 0.5) is 0 Å². The van der Waals surface area contributed by atoms with Gasteiger partial charge >= 0.3 is 0 Å². The van der Waals surface area contributed by atoms with Crippen molar-refractivity contribution in [1.29, 1.82) is 0 Å². The molecule has 0 aromatic heterocycles. The van der Waals surface area contributed by atoms with Crippen molar-refractivity contribution in [3.8, 4) is 0 Å². The molecule has 0 aliphatic carbocycles. The van der Waals surface area contributed by atoms with Crippen molar-refractivity contribution in [3.63, 3.8) is 0 Å². The lowest BCUT2D eigenvalue weighted by Crippen LogP contribution is -2.59. The van der Waals surface area contributed by atoms with E-state index in [1.807, 2.05) is 0 Å². The van der Waals surface area contributed by atoms with Crippen LogP contribution in [-0.2, 0) is 9.57 Å². The summed E-state index contributed by atoms with van der Waals surface area (Å²) in [6.45, 7) is 9.64. The summed E-state index contributed by atoms with van der Waals surface area (Å²) >= 11 is 0. The second-order valence-electron chi connectivity index (χ2n) is 6.58. The number of nitrogens with zero attached hydrogens (tertiary/aromatic N) is 2. The Morgan fingerprint density at radius 1 is 1.35 bits per heavy atom. The molecule has 1 atom stereocenters. The number of ether oxygens (including phenoxy) is 1. The molecule has 0 aromatic carbocycles. The van der Waals surface area contributed by atoms with Gasteiger partial charge in [-0.3, -0.25) is 4.90 Å². The number of oxime groups is 1. The van der Waals surface area contributed by atoms with Crippen molar-refractivity contribution in [2.75, 3.05) is 19.6 Å². The highest BCUT2D eigenvalue weighted by atomic mass is 16.7. The molecule has 1 spiro atoms. The molecule has 3 saturated heterocycles. The van der Waals surface area contributed by atoms with Crippen molar-refractivity contribution in [2.24, 2.45) is 11.1 Å². The van der Waals surface area contributed by atoms with Crippen molar-refractivity contribution < 1.29 is 9.57 Å². The van der Waals surface area contributed by atoms with Crippen LogP contribution in [0.3, 0.4) is 0 Å². The van der Waals surface area contributed by atoms with Gasteiger partial charge in [0, 0.05) is 12.5 Å². The normalized spacial score (nSPS) is 40.3. The Bertz CT molecular complexity index is 340. The van der Waals surface area contributed by atoms with Crippen molar-refractivity contribution in [3.05, 3.63) is 0 Å². The Kier molecular flexibility index (Phi) is 2.41. The molecule has 4 heteroatoms. The molecule has 4 aliphatic rings. The first-order valence-electron chi connectivity index (χ1n) is 6.63. The highest BCUT2D eigenvalue weighted by molar-refractivity contribution is 5.78. The Labute approximate surface area is 103 Å². The lowest BCUT2D eigenvalue weighted by atomic mass is 9.74. The topological polar surface area (TPSA) is 34.1 Å². The van der Waals surface area contributed by atoms with E-state index < -0.39 is 0 Å². The quantitative estimate of drug-likeness (QED) is 0.647. The summed E-state index contributed by atoms with van der Waals surface area (Å²) in [6, 6.07) is 0. The second kappa shape index (κ2) is 3.61. The minimum absolute atomic E-state index is 0.0723. The molecule has 4 nitrogen and oxygen atoms in total. The molecule has 0 saturated carbocycles. The minimum atomic E-state index is -0.179. The number of fused-ring (bicyclic) bond motifs is 2. The van der Waals surface area contributed by atoms with Crippen molar-refractivity contribution in [1.82, 2.24) is 4.90 Å². The predicted octanol–water partition coefficient (Wildman–Crippen LogP) is 2.00. The van der Waals surface area contributed by atoms with E-state index in [0.717, 1.165) is 18.9 Å². The molecular formula is C13H22N2O2. The second-order valence-corrected chi connectivity index (χ2v) is 6.58. The summed E-state index contributed by atoms with van der Waals surface area (Å²) in [5, 5.41) is 4.18. The van der Waals surface area contributed by atoms with E-state index in [1.54, 1.807) is 0 Å². The zero-order valence-electron chi connectivity index (χ0n) is 11.0. The zero-order valence-corrected chi connectivity index (χ0v) is 11.0. The Morgan fingerprint density at radius 3 is 2.59 bits per heavy atom. The standard InChI is InChI=1S/C13H22N2O2/c1-12(2,3)16-11-8-13(17-14-11)9-15-6-4-10(13)5-7-15/h10H,4-9H2,1-3H3. The first-order chi connectivity index (χ1) is 7.97. The molecule has 2 bridgehead atoms. The molecule has 0 N–H and O–H groups in total. The van der Waals surface area contributed by atoms with Gasteiger partial charge in [-0.05, 0) is 46.7 Å². The molecule has 3 fully saturated rings. The van der Waals surface area contributed by atoms with E-state index in [-0.39, 0.29) is 11.2 Å². The minimum Gasteiger partial charge on any atom is -0.473 e. The van der Waals surface area contributed by atoms with Gasteiger partial charge in [0.25, 0.3) is 0 Å². The highest BCUT2D eigenvalue weighted by Gasteiger charge is 2.53. The van der Waals surface area contributed by atoms with Gasteiger partial charge in [-0.1, -0.05) is 5.16 Å². The van der Waals surface area contributed by atoms with Crippen LogP contribution in [0.25, 0.3) is 0 Å². The maximum absolute atomic E-state index is 5.84. The van der Waals surface area contributed by atoms with Crippen LogP contribution in [-0.4, -0.2) is 41.6 Å². The average Bonchev–Trinajstić information content (AvgIpc) is 2.60. The van der Waals surface area contributed by atoms with E-state index in [4.69, 9.17) is 9.57 Å². The van der Waals surface area contributed by atoms with Crippen LogP contribution in [0, 0.1) is 5.92 Å². The van der Waals surface area contributed by atoms with E-state index >= 15 is 0 Å². The third-order valence-electron chi connectivity index (χ3n) is 4.03. The fourth-order valence-electron chi connectivity index (χ4n) is 3.30. The van der Waals surface area contributed by atoms with Crippen molar-refractivity contribution >= 4 is 5.90 Å². The lowest BCUT2D eigenvalue weighted by Gasteiger charge is -2.49. The van der Waals surface area contributed by atoms with Crippen LogP contribution < -0.4 is 0 Å². The highest BCUT2D eigenvalue weighted by Crippen LogP contribution is 2.43. The third kappa shape index (κ3) is 2.03. The summed E-state index contributed by atoms with van der Waals surface area (Å²) in [5.41, 5.74) is -0.251. The number of rotatable bonds is 0. The van der Waals surface area contributed by atoms with Crippen LogP contribution in [0.15, 0.2) is 5.16 Å². The van der Waals surface area contributed by atoms with E-state index in [9.17, 15) is 0 Å².